The summed E-state index contributed by atoms with van der Waals surface area (Å²) >= 11 is 0. The summed E-state index contributed by atoms with van der Waals surface area (Å²) in [4.78, 5) is 17.0. The molecule has 2 aromatic rings. The molecule has 0 fully saturated rings. The van der Waals surface area contributed by atoms with Gasteiger partial charge in [-0.25, -0.2) is 15.0 Å². The molecule has 2 N–H and O–H groups in total. The van der Waals surface area contributed by atoms with Gasteiger partial charge in [-0.05, 0) is 19.4 Å². The summed E-state index contributed by atoms with van der Waals surface area (Å²) in [5.41, 5.74) is 0.932. The van der Waals surface area contributed by atoms with E-state index in [1.165, 1.54) is 0 Å². The van der Waals surface area contributed by atoms with Crippen molar-refractivity contribution in [3.63, 3.8) is 0 Å². The first-order valence-corrected chi connectivity index (χ1v) is 6.36. The Bertz CT molecular complexity index is 528. The van der Waals surface area contributed by atoms with Gasteiger partial charge in [0, 0.05) is 12.7 Å². The number of rotatable bonds is 6. The molecule has 0 unspecified atom stereocenters. The molecule has 0 spiro atoms. The lowest BCUT2D eigenvalue weighted by molar-refractivity contribution is 0.941. The third-order valence-corrected chi connectivity index (χ3v) is 2.47. The zero-order valence-corrected chi connectivity index (χ0v) is 11.2. The van der Waals surface area contributed by atoms with Crippen molar-refractivity contribution in [2.45, 2.75) is 26.8 Å². The first-order chi connectivity index (χ1) is 9.28. The minimum Gasteiger partial charge on any atom is -0.369 e. The lowest BCUT2D eigenvalue weighted by atomic mass is 10.4. The van der Waals surface area contributed by atoms with Crippen LogP contribution in [0.5, 0.6) is 0 Å². The highest BCUT2D eigenvalue weighted by Crippen LogP contribution is 2.08. The molecular weight excluding hydrogens is 240 g/mol. The van der Waals surface area contributed by atoms with E-state index < -0.39 is 0 Å². The molecule has 0 aliphatic carbocycles. The molecule has 100 valence electrons. The van der Waals surface area contributed by atoms with Crippen molar-refractivity contribution in [1.82, 2.24) is 19.9 Å². The van der Waals surface area contributed by atoms with Crippen LogP contribution in [-0.4, -0.2) is 26.5 Å². The number of nitrogens with one attached hydrogen (secondary N) is 2. The second-order valence-corrected chi connectivity index (χ2v) is 4.17. The van der Waals surface area contributed by atoms with Crippen LogP contribution in [0, 0.1) is 6.92 Å². The van der Waals surface area contributed by atoms with E-state index in [4.69, 9.17) is 0 Å². The van der Waals surface area contributed by atoms with Gasteiger partial charge in [-0.3, -0.25) is 4.98 Å². The zero-order valence-electron chi connectivity index (χ0n) is 11.2. The number of aryl methyl sites for hydroxylation is 1. The molecule has 0 radical (unpaired) electrons. The average Bonchev–Trinajstić information content (AvgIpc) is 2.43. The second kappa shape index (κ2) is 6.63. The fourth-order valence-electron chi connectivity index (χ4n) is 1.57. The molecule has 19 heavy (non-hydrogen) atoms. The van der Waals surface area contributed by atoms with E-state index in [0.717, 1.165) is 36.1 Å². The second-order valence-electron chi connectivity index (χ2n) is 4.17. The lowest BCUT2D eigenvalue weighted by Crippen LogP contribution is -2.07. The maximum absolute atomic E-state index is 4.42. The van der Waals surface area contributed by atoms with Gasteiger partial charge in [-0.15, -0.1) is 0 Å². The van der Waals surface area contributed by atoms with Gasteiger partial charge in [0.15, 0.2) is 0 Å². The molecule has 0 atom stereocenters. The topological polar surface area (TPSA) is 75.6 Å². The van der Waals surface area contributed by atoms with E-state index in [1.807, 2.05) is 13.0 Å². The first kappa shape index (κ1) is 13.2. The summed E-state index contributed by atoms with van der Waals surface area (Å²) in [6.07, 6.45) is 6.23. The Hall–Kier alpha value is -2.24. The van der Waals surface area contributed by atoms with Gasteiger partial charge in [-0.1, -0.05) is 6.92 Å². The summed E-state index contributed by atoms with van der Waals surface area (Å²) in [5.74, 6) is 2.28. The van der Waals surface area contributed by atoms with Crippen LogP contribution in [0.4, 0.5) is 11.6 Å². The monoisotopic (exact) mass is 258 g/mol. The molecule has 0 bridgehead atoms. The summed E-state index contributed by atoms with van der Waals surface area (Å²) in [6, 6.07) is 1.88. The molecule has 0 amide bonds. The average molecular weight is 258 g/mol. The van der Waals surface area contributed by atoms with E-state index in [1.54, 1.807) is 18.6 Å². The molecule has 2 rings (SSSR count). The molecule has 6 heteroatoms. The quantitative estimate of drug-likeness (QED) is 0.825. The SMILES string of the molecule is CCCNc1cncc(NCc2ccnc(C)n2)n1. The predicted octanol–water partition coefficient (Wildman–Crippen LogP) is 2.01. The molecule has 0 saturated carbocycles. The minimum atomic E-state index is 0.606. The van der Waals surface area contributed by atoms with Crippen molar-refractivity contribution < 1.29 is 0 Å². The maximum atomic E-state index is 4.42. The Morgan fingerprint density at radius 1 is 1.11 bits per heavy atom. The third-order valence-electron chi connectivity index (χ3n) is 2.47. The van der Waals surface area contributed by atoms with Crippen molar-refractivity contribution in [3.05, 3.63) is 36.2 Å². The van der Waals surface area contributed by atoms with Gasteiger partial charge < -0.3 is 10.6 Å². The van der Waals surface area contributed by atoms with Crippen molar-refractivity contribution in [3.8, 4) is 0 Å². The van der Waals surface area contributed by atoms with Crippen LogP contribution in [0.25, 0.3) is 0 Å². The molecule has 6 nitrogen and oxygen atoms in total. The number of hydrogen-bond donors (Lipinski definition) is 2. The molecule has 0 aromatic carbocycles. The van der Waals surface area contributed by atoms with Crippen LogP contribution < -0.4 is 10.6 Å². The van der Waals surface area contributed by atoms with Crippen LogP contribution >= 0.6 is 0 Å². The molecular formula is C13H18N6. The molecule has 2 aromatic heterocycles. The zero-order chi connectivity index (χ0) is 13.5. The number of hydrogen-bond acceptors (Lipinski definition) is 6. The van der Waals surface area contributed by atoms with Crippen LogP contribution in [0.1, 0.15) is 24.9 Å². The first-order valence-electron chi connectivity index (χ1n) is 6.36. The van der Waals surface area contributed by atoms with Gasteiger partial charge in [-0.2, -0.15) is 0 Å². The van der Waals surface area contributed by atoms with Crippen molar-refractivity contribution in [2.75, 3.05) is 17.2 Å². The fourth-order valence-corrected chi connectivity index (χ4v) is 1.57. The normalized spacial score (nSPS) is 10.2. The molecule has 2 heterocycles. The number of anilines is 2. The Morgan fingerprint density at radius 2 is 1.89 bits per heavy atom. The van der Waals surface area contributed by atoms with Gasteiger partial charge in [0.05, 0.1) is 24.6 Å². The standard InChI is InChI=1S/C13H18N6/c1-3-5-16-12-8-14-9-13(19-12)17-7-11-4-6-15-10(2)18-11/h4,6,8-9H,3,5,7H2,1-2H3,(H2,16,17,19). The van der Waals surface area contributed by atoms with Crippen LogP contribution in [0.2, 0.25) is 0 Å². The van der Waals surface area contributed by atoms with Crippen LogP contribution in [0.15, 0.2) is 24.7 Å². The van der Waals surface area contributed by atoms with Gasteiger partial charge in [0.25, 0.3) is 0 Å². The van der Waals surface area contributed by atoms with Crippen molar-refractivity contribution >= 4 is 11.6 Å². The summed E-state index contributed by atoms with van der Waals surface area (Å²) in [5, 5.41) is 6.40. The summed E-state index contributed by atoms with van der Waals surface area (Å²) in [6.45, 7) is 5.48. The number of nitrogens with zero attached hydrogens (tertiary/aromatic N) is 4. The third kappa shape index (κ3) is 4.17. The lowest BCUT2D eigenvalue weighted by Gasteiger charge is -2.07. The smallest absolute Gasteiger partial charge is 0.147 e. The Balaban J connectivity index is 1.95. The molecule has 0 aliphatic rings. The molecule has 0 aliphatic heterocycles. The van der Waals surface area contributed by atoms with Gasteiger partial charge in [0.1, 0.15) is 17.5 Å². The van der Waals surface area contributed by atoms with E-state index in [2.05, 4.69) is 37.5 Å². The summed E-state index contributed by atoms with van der Waals surface area (Å²) in [7, 11) is 0. The maximum Gasteiger partial charge on any atom is 0.147 e. The Kier molecular flexibility index (Phi) is 4.60. The highest BCUT2D eigenvalue weighted by molar-refractivity contribution is 5.41. The van der Waals surface area contributed by atoms with E-state index in [0.29, 0.717) is 6.54 Å². The Morgan fingerprint density at radius 3 is 2.63 bits per heavy atom. The van der Waals surface area contributed by atoms with Crippen molar-refractivity contribution in [1.29, 1.82) is 0 Å². The van der Waals surface area contributed by atoms with E-state index in [-0.39, 0.29) is 0 Å². The van der Waals surface area contributed by atoms with Crippen LogP contribution in [-0.2, 0) is 6.54 Å². The van der Waals surface area contributed by atoms with E-state index >= 15 is 0 Å². The van der Waals surface area contributed by atoms with Gasteiger partial charge in [0.2, 0.25) is 0 Å². The largest absolute Gasteiger partial charge is 0.369 e. The highest BCUT2D eigenvalue weighted by Gasteiger charge is 1.99. The predicted molar refractivity (Wildman–Crippen MR) is 74.9 cm³/mol. The van der Waals surface area contributed by atoms with Crippen molar-refractivity contribution in [2.24, 2.45) is 0 Å². The minimum absolute atomic E-state index is 0.606. The summed E-state index contributed by atoms with van der Waals surface area (Å²) < 4.78 is 0. The molecule has 0 saturated heterocycles. The van der Waals surface area contributed by atoms with Gasteiger partial charge >= 0.3 is 0 Å². The highest BCUT2D eigenvalue weighted by atomic mass is 15.1. The van der Waals surface area contributed by atoms with Crippen LogP contribution in [0.3, 0.4) is 0 Å². The number of aromatic nitrogens is 4. The fraction of sp³-hybridized carbons (Fsp3) is 0.385. The Labute approximate surface area is 112 Å². The van der Waals surface area contributed by atoms with E-state index in [9.17, 15) is 0 Å².